The van der Waals surface area contributed by atoms with Crippen LogP contribution < -0.4 is 15.8 Å². The molecule has 0 aliphatic rings. The molecule has 1 aromatic rings. The van der Waals surface area contributed by atoms with Gasteiger partial charge in [-0.05, 0) is 31.0 Å². The highest BCUT2D eigenvalue weighted by molar-refractivity contribution is 5.97. The number of nitrogens with two attached hydrogens (primary N) is 1. The molecule has 0 unspecified atom stereocenters. The Kier molecular flexibility index (Phi) is 6.57. The zero-order valence-corrected chi connectivity index (χ0v) is 12.2. The minimum atomic E-state index is -0.849. The molecule has 0 fully saturated rings. The van der Waals surface area contributed by atoms with Crippen LogP contribution in [0.25, 0.3) is 0 Å². The van der Waals surface area contributed by atoms with Gasteiger partial charge in [-0.25, -0.2) is 0 Å². The average molecular weight is 303 g/mol. The van der Waals surface area contributed by atoms with E-state index in [1.165, 1.54) is 25.1 Å². The molecule has 0 bridgehead atoms. The first kappa shape index (κ1) is 17.2. The lowest BCUT2D eigenvalue weighted by Gasteiger charge is -2.15. The molecular weight excluding hydrogens is 286 g/mol. The molecule has 3 N–H and O–H groups in total. The van der Waals surface area contributed by atoms with Gasteiger partial charge in [0.25, 0.3) is 5.91 Å². The van der Waals surface area contributed by atoms with Gasteiger partial charge in [0.2, 0.25) is 5.91 Å². The van der Waals surface area contributed by atoms with Crippen molar-refractivity contribution in [2.24, 2.45) is 5.73 Å². The first-order valence-corrected chi connectivity index (χ1v) is 6.69. The van der Waals surface area contributed by atoms with E-state index in [9.17, 15) is 14.4 Å². The molecule has 1 atom stereocenters. The van der Waals surface area contributed by atoms with Gasteiger partial charge in [-0.3, -0.25) is 14.4 Å². The average Bonchev–Trinajstić information content (AvgIpc) is 2.45. The Morgan fingerprint density at radius 2 is 2.14 bits per heavy atom. The second-order valence-corrected chi connectivity index (χ2v) is 4.60. The van der Waals surface area contributed by atoms with Crippen LogP contribution in [-0.2, 0) is 9.59 Å². The molecule has 22 heavy (non-hydrogen) atoms. The van der Waals surface area contributed by atoms with Crippen LogP contribution in [0.4, 0.5) is 0 Å². The number of benzene rings is 1. The van der Waals surface area contributed by atoms with Crippen molar-refractivity contribution in [2.75, 3.05) is 0 Å². The third-order valence-electron chi connectivity index (χ3n) is 2.79. The van der Waals surface area contributed by atoms with Crippen molar-refractivity contribution in [2.45, 2.75) is 32.2 Å². The van der Waals surface area contributed by atoms with E-state index in [-0.39, 0.29) is 24.2 Å². The maximum absolute atomic E-state index is 12.1. The van der Waals surface area contributed by atoms with Gasteiger partial charge in [-0.1, -0.05) is 6.07 Å². The number of ether oxygens (including phenoxy) is 1. The predicted molar refractivity (Wildman–Crippen MR) is 77.7 cm³/mol. The number of carbonyl (C=O) groups excluding carboxylic acids is 3. The largest absolute Gasteiger partial charge is 0.427 e. The molecule has 1 aromatic carbocycles. The summed E-state index contributed by atoms with van der Waals surface area (Å²) in [6, 6.07) is 7.12. The summed E-state index contributed by atoms with van der Waals surface area (Å²) in [4.78, 5) is 34.3. The number of hydrogen-bond acceptors (Lipinski definition) is 5. The summed E-state index contributed by atoms with van der Waals surface area (Å²) >= 11 is 0. The third kappa shape index (κ3) is 5.63. The molecule has 0 heterocycles. The maximum Gasteiger partial charge on any atom is 0.308 e. The summed E-state index contributed by atoms with van der Waals surface area (Å²) in [6.45, 7) is 1.26. The molecule has 0 aliphatic carbocycles. The molecule has 7 nitrogen and oxygen atoms in total. The summed E-state index contributed by atoms with van der Waals surface area (Å²) in [5, 5.41) is 11.0. The van der Waals surface area contributed by atoms with Gasteiger partial charge in [-0.15, -0.1) is 0 Å². The first-order chi connectivity index (χ1) is 10.4. The number of rotatable bonds is 7. The molecule has 0 spiro atoms. The lowest BCUT2D eigenvalue weighted by Crippen LogP contribution is -2.44. The number of primary amides is 1. The van der Waals surface area contributed by atoms with Gasteiger partial charge in [0.05, 0.1) is 6.07 Å². The third-order valence-corrected chi connectivity index (χ3v) is 2.79. The van der Waals surface area contributed by atoms with Crippen molar-refractivity contribution in [3.63, 3.8) is 0 Å². The molecule has 7 heteroatoms. The van der Waals surface area contributed by atoms with Crippen LogP contribution in [0.5, 0.6) is 5.75 Å². The van der Waals surface area contributed by atoms with E-state index in [0.717, 1.165) is 0 Å². The van der Waals surface area contributed by atoms with Gasteiger partial charge in [-0.2, -0.15) is 5.26 Å². The van der Waals surface area contributed by atoms with Crippen molar-refractivity contribution in [3.8, 4) is 11.8 Å². The molecule has 0 saturated carbocycles. The van der Waals surface area contributed by atoms with Gasteiger partial charge in [0.1, 0.15) is 11.8 Å². The van der Waals surface area contributed by atoms with Crippen molar-refractivity contribution in [1.29, 1.82) is 5.26 Å². The smallest absolute Gasteiger partial charge is 0.308 e. The quantitative estimate of drug-likeness (QED) is 0.440. The highest BCUT2D eigenvalue weighted by atomic mass is 16.5. The van der Waals surface area contributed by atoms with Gasteiger partial charge >= 0.3 is 5.97 Å². The molecule has 1 rings (SSSR count). The second-order valence-electron chi connectivity index (χ2n) is 4.60. The molecule has 0 radical (unpaired) electrons. The Labute approximate surface area is 128 Å². The minimum absolute atomic E-state index is 0.236. The van der Waals surface area contributed by atoms with Gasteiger partial charge in [0.15, 0.2) is 0 Å². The lowest BCUT2D eigenvalue weighted by molar-refractivity contribution is -0.131. The fourth-order valence-electron chi connectivity index (χ4n) is 1.78. The molecule has 2 amide bonds. The second kappa shape index (κ2) is 8.42. The van der Waals surface area contributed by atoms with Crippen molar-refractivity contribution in [1.82, 2.24) is 5.32 Å². The van der Waals surface area contributed by atoms with E-state index in [0.29, 0.717) is 6.42 Å². The number of esters is 1. The Morgan fingerprint density at radius 1 is 1.41 bits per heavy atom. The molecule has 0 aromatic heterocycles. The van der Waals surface area contributed by atoms with Crippen molar-refractivity contribution in [3.05, 3.63) is 29.8 Å². The number of carbonyl (C=O) groups is 3. The van der Waals surface area contributed by atoms with E-state index in [1.54, 1.807) is 6.07 Å². The number of nitrogens with zero attached hydrogens (tertiary/aromatic N) is 1. The minimum Gasteiger partial charge on any atom is -0.427 e. The van der Waals surface area contributed by atoms with Crippen LogP contribution >= 0.6 is 0 Å². The fourth-order valence-corrected chi connectivity index (χ4v) is 1.78. The monoisotopic (exact) mass is 303 g/mol. The summed E-state index contributed by atoms with van der Waals surface area (Å²) in [5.41, 5.74) is 5.48. The first-order valence-electron chi connectivity index (χ1n) is 6.69. The Balaban J connectivity index is 2.75. The standard InChI is InChI=1S/C15H17N3O4/c1-10(19)22-12-6-4-5-11(9-12)15(21)18-13(14(17)20)7-2-3-8-16/h4-6,9,13H,2-3,7H2,1H3,(H2,17,20)(H,18,21)/t13-/m1/s1. The van der Waals surface area contributed by atoms with Crippen LogP contribution in [0, 0.1) is 11.3 Å². The van der Waals surface area contributed by atoms with E-state index < -0.39 is 23.8 Å². The number of amides is 2. The van der Waals surface area contributed by atoms with E-state index >= 15 is 0 Å². The van der Waals surface area contributed by atoms with Crippen LogP contribution in [-0.4, -0.2) is 23.8 Å². The number of nitrogens with one attached hydrogen (secondary N) is 1. The molecule has 116 valence electrons. The van der Waals surface area contributed by atoms with E-state index in [2.05, 4.69) is 5.32 Å². The molecule has 0 saturated heterocycles. The number of hydrogen-bond donors (Lipinski definition) is 2. The normalized spacial score (nSPS) is 11.1. The topological polar surface area (TPSA) is 122 Å². The SMILES string of the molecule is CC(=O)Oc1cccc(C(=O)N[C@H](CCCC#N)C(N)=O)c1. The fraction of sp³-hybridized carbons (Fsp3) is 0.333. The van der Waals surface area contributed by atoms with Crippen molar-refractivity contribution >= 4 is 17.8 Å². The number of unbranched alkanes of at least 4 members (excludes halogenated alkanes) is 1. The Morgan fingerprint density at radius 3 is 2.73 bits per heavy atom. The zero-order valence-electron chi connectivity index (χ0n) is 12.2. The Hall–Kier alpha value is -2.88. The zero-order chi connectivity index (χ0) is 16.5. The summed E-state index contributed by atoms with van der Waals surface area (Å²) in [6.07, 6.45) is 1.03. The van der Waals surface area contributed by atoms with Crippen LogP contribution in [0.3, 0.4) is 0 Å². The molecule has 0 aliphatic heterocycles. The van der Waals surface area contributed by atoms with Crippen LogP contribution in [0.1, 0.15) is 36.5 Å². The van der Waals surface area contributed by atoms with Crippen LogP contribution in [0.2, 0.25) is 0 Å². The highest BCUT2D eigenvalue weighted by Gasteiger charge is 2.18. The summed E-state index contributed by atoms with van der Waals surface area (Å²) in [5.74, 6) is -1.43. The number of nitriles is 1. The highest BCUT2D eigenvalue weighted by Crippen LogP contribution is 2.14. The van der Waals surface area contributed by atoms with Gasteiger partial charge in [0, 0.05) is 18.9 Å². The summed E-state index contributed by atoms with van der Waals surface area (Å²) in [7, 11) is 0. The summed E-state index contributed by atoms with van der Waals surface area (Å²) < 4.78 is 4.89. The van der Waals surface area contributed by atoms with E-state index in [1.807, 2.05) is 6.07 Å². The van der Waals surface area contributed by atoms with Crippen molar-refractivity contribution < 1.29 is 19.1 Å². The predicted octanol–water partition coefficient (Wildman–Crippen LogP) is 0.889. The Bertz CT molecular complexity index is 607. The maximum atomic E-state index is 12.1. The van der Waals surface area contributed by atoms with Crippen LogP contribution in [0.15, 0.2) is 24.3 Å². The van der Waals surface area contributed by atoms with Gasteiger partial charge < -0.3 is 15.8 Å². The van der Waals surface area contributed by atoms with E-state index in [4.69, 9.17) is 15.7 Å². The molecular formula is C15H17N3O4. The lowest BCUT2D eigenvalue weighted by atomic mass is 10.1.